The van der Waals surface area contributed by atoms with Crippen LogP contribution in [0.25, 0.3) is 0 Å². The first-order valence-corrected chi connectivity index (χ1v) is 15.5. The highest BCUT2D eigenvalue weighted by atomic mass is 16.3. The Balaban J connectivity index is 5.56. The second kappa shape index (κ2) is 20.9. The quantitative estimate of drug-likeness (QED) is 0.0612. The van der Waals surface area contributed by atoms with Crippen LogP contribution in [-0.4, -0.2) is 126 Å². The van der Waals surface area contributed by atoms with Crippen molar-refractivity contribution in [2.75, 3.05) is 20.7 Å². The fraction of sp³-hybridized carbons (Fsp3) is 0.733. The first-order chi connectivity index (χ1) is 21.7. The van der Waals surface area contributed by atoms with E-state index in [-0.39, 0.29) is 31.1 Å². The number of rotatable bonds is 20. The first-order valence-electron chi connectivity index (χ1n) is 15.5. The Labute approximate surface area is 275 Å². The molecule has 0 aromatic heterocycles. The number of nitrogens with zero attached hydrogens (tertiary/aromatic N) is 1. The van der Waals surface area contributed by atoms with Gasteiger partial charge in [-0.2, -0.15) is 0 Å². The van der Waals surface area contributed by atoms with Crippen molar-refractivity contribution in [3.63, 3.8) is 0 Å². The fourth-order valence-corrected chi connectivity index (χ4v) is 4.20. The average Bonchev–Trinajstić information content (AvgIpc) is 2.97. The SMILES string of the molecule is CC(=O)N[C@H](C(=O)N[C@@H](CO)C(=O)N[C@@H](C)C(=O)N[C@H](C(=O)N[C@@H](CC(C)C)C(=O)NC(C=O)CCC(=O)N(C)C)C(C)C)[C@@H](C)O. The van der Waals surface area contributed by atoms with Gasteiger partial charge in [0.15, 0.2) is 0 Å². The van der Waals surface area contributed by atoms with Crippen LogP contribution in [-0.2, 0) is 38.4 Å². The van der Waals surface area contributed by atoms with Gasteiger partial charge in [0.2, 0.25) is 41.4 Å². The molecule has 17 nitrogen and oxygen atoms in total. The third-order valence-electron chi connectivity index (χ3n) is 6.94. The summed E-state index contributed by atoms with van der Waals surface area (Å²) in [5.74, 6) is -5.36. The summed E-state index contributed by atoms with van der Waals surface area (Å²) in [6.07, 6.45) is -0.499. The van der Waals surface area contributed by atoms with Crippen LogP contribution < -0.4 is 31.9 Å². The van der Waals surface area contributed by atoms with Crippen molar-refractivity contribution in [3.8, 4) is 0 Å². The van der Waals surface area contributed by atoms with Crippen LogP contribution in [0.2, 0.25) is 0 Å². The van der Waals surface area contributed by atoms with E-state index < -0.39 is 90.3 Å². The van der Waals surface area contributed by atoms with Crippen molar-refractivity contribution in [1.29, 1.82) is 0 Å². The van der Waals surface area contributed by atoms with Gasteiger partial charge in [-0.25, -0.2) is 0 Å². The highest BCUT2D eigenvalue weighted by Gasteiger charge is 2.33. The molecule has 0 aliphatic heterocycles. The van der Waals surface area contributed by atoms with Crippen molar-refractivity contribution in [2.45, 2.75) is 110 Å². The maximum Gasteiger partial charge on any atom is 0.245 e. The van der Waals surface area contributed by atoms with Crippen molar-refractivity contribution in [2.24, 2.45) is 11.8 Å². The second-order valence-corrected chi connectivity index (χ2v) is 12.4. The molecule has 1 unspecified atom stereocenters. The maximum absolute atomic E-state index is 13.3. The smallest absolute Gasteiger partial charge is 0.245 e. The lowest BCUT2D eigenvalue weighted by Crippen LogP contribution is -2.61. The minimum atomic E-state index is -1.54. The molecule has 47 heavy (non-hydrogen) atoms. The van der Waals surface area contributed by atoms with Gasteiger partial charge in [-0.05, 0) is 38.5 Å². The molecule has 0 radical (unpaired) electrons. The van der Waals surface area contributed by atoms with Gasteiger partial charge in [0.25, 0.3) is 0 Å². The molecule has 0 saturated carbocycles. The number of hydrogen-bond donors (Lipinski definition) is 8. The zero-order chi connectivity index (χ0) is 36.6. The van der Waals surface area contributed by atoms with E-state index in [4.69, 9.17) is 0 Å². The second-order valence-electron chi connectivity index (χ2n) is 12.4. The third-order valence-corrected chi connectivity index (χ3v) is 6.94. The van der Waals surface area contributed by atoms with Gasteiger partial charge in [0.05, 0.1) is 18.8 Å². The molecule has 0 heterocycles. The fourth-order valence-electron chi connectivity index (χ4n) is 4.20. The summed E-state index contributed by atoms with van der Waals surface area (Å²) in [6, 6.07) is -7.37. The minimum absolute atomic E-state index is 0.0267. The largest absolute Gasteiger partial charge is 0.394 e. The van der Waals surface area contributed by atoms with Gasteiger partial charge < -0.3 is 51.8 Å². The van der Waals surface area contributed by atoms with E-state index in [9.17, 15) is 48.6 Å². The molecule has 0 saturated heterocycles. The highest BCUT2D eigenvalue weighted by molar-refractivity contribution is 5.96. The van der Waals surface area contributed by atoms with Gasteiger partial charge >= 0.3 is 0 Å². The van der Waals surface area contributed by atoms with E-state index >= 15 is 0 Å². The molecule has 0 aromatic carbocycles. The van der Waals surface area contributed by atoms with Crippen LogP contribution in [0.4, 0.5) is 0 Å². The first kappa shape index (κ1) is 42.9. The van der Waals surface area contributed by atoms with E-state index in [0.717, 1.165) is 6.92 Å². The molecule has 0 rings (SSSR count). The predicted octanol–water partition coefficient (Wildman–Crippen LogP) is -2.92. The van der Waals surface area contributed by atoms with Crippen LogP contribution in [0.3, 0.4) is 0 Å². The molecule has 0 aliphatic carbocycles. The number of aliphatic hydroxyl groups is 2. The number of carbonyl (C=O) groups excluding carboxylic acids is 8. The van der Waals surface area contributed by atoms with Gasteiger partial charge in [0.1, 0.15) is 36.5 Å². The number of aldehydes is 1. The summed E-state index contributed by atoms with van der Waals surface area (Å²) in [7, 11) is 3.14. The lowest BCUT2D eigenvalue weighted by molar-refractivity contribution is -0.136. The van der Waals surface area contributed by atoms with E-state index in [1.165, 1.54) is 18.7 Å². The topological polar surface area (TPSA) is 252 Å². The van der Waals surface area contributed by atoms with Crippen LogP contribution in [0, 0.1) is 11.8 Å². The van der Waals surface area contributed by atoms with Gasteiger partial charge in [0, 0.05) is 27.4 Å². The molecule has 0 bridgehead atoms. The number of hydrogen-bond acceptors (Lipinski definition) is 10. The molecule has 7 amide bonds. The Morgan fingerprint density at radius 1 is 0.702 bits per heavy atom. The summed E-state index contributed by atoms with van der Waals surface area (Å²) in [6.45, 7) is 9.79. The zero-order valence-corrected chi connectivity index (χ0v) is 28.7. The number of carbonyl (C=O) groups is 8. The summed E-state index contributed by atoms with van der Waals surface area (Å²) in [5, 5.41) is 34.0. The van der Waals surface area contributed by atoms with E-state index in [1.807, 2.05) is 13.8 Å². The molecule has 0 aliphatic rings. The third kappa shape index (κ3) is 15.8. The zero-order valence-electron chi connectivity index (χ0n) is 28.7. The Hall–Kier alpha value is -4.12. The van der Waals surface area contributed by atoms with Crippen LogP contribution >= 0.6 is 0 Å². The molecule has 0 aromatic rings. The number of nitrogens with one attached hydrogen (secondary N) is 6. The van der Waals surface area contributed by atoms with Crippen molar-refractivity contribution in [1.82, 2.24) is 36.8 Å². The summed E-state index contributed by atoms with van der Waals surface area (Å²) in [5.41, 5.74) is 0. The van der Waals surface area contributed by atoms with Crippen LogP contribution in [0.15, 0.2) is 0 Å². The lowest BCUT2D eigenvalue weighted by atomic mass is 9.99. The summed E-state index contributed by atoms with van der Waals surface area (Å²) >= 11 is 0. The average molecular weight is 672 g/mol. The van der Waals surface area contributed by atoms with Crippen molar-refractivity contribution in [3.05, 3.63) is 0 Å². The molecule has 0 fully saturated rings. The predicted molar refractivity (Wildman–Crippen MR) is 170 cm³/mol. The highest BCUT2D eigenvalue weighted by Crippen LogP contribution is 2.09. The number of amides is 7. The molecule has 7 atom stereocenters. The van der Waals surface area contributed by atoms with Gasteiger partial charge in [-0.3, -0.25) is 33.6 Å². The number of aliphatic hydroxyl groups excluding tert-OH is 2. The van der Waals surface area contributed by atoms with E-state index in [0.29, 0.717) is 6.29 Å². The van der Waals surface area contributed by atoms with E-state index in [1.54, 1.807) is 27.9 Å². The summed E-state index contributed by atoms with van der Waals surface area (Å²) in [4.78, 5) is 101. The van der Waals surface area contributed by atoms with Crippen molar-refractivity contribution < 1.29 is 48.6 Å². The molecular weight excluding hydrogens is 618 g/mol. The Bertz CT molecular complexity index is 1110. The minimum Gasteiger partial charge on any atom is -0.394 e. The molecular formula is C30H53N7O10. The van der Waals surface area contributed by atoms with E-state index in [2.05, 4.69) is 31.9 Å². The molecule has 0 spiro atoms. The molecule has 268 valence electrons. The maximum atomic E-state index is 13.3. The monoisotopic (exact) mass is 671 g/mol. The van der Waals surface area contributed by atoms with Gasteiger partial charge in [-0.15, -0.1) is 0 Å². The summed E-state index contributed by atoms with van der Waals surface area (Å²) < 4.78 is 0. The van der Waals surface area contributed by atoms with Crippen LogP contribution in [0.5, 0.6) is 0 Å². The molecule has 17 heteroatoms. The van der Waals surface area contributed by atoms with Crippen LogP contribution in [0.1, 0.15) is 67.7 Å². The standard InChI is InChI=1S/C30H53N7O10/c1-15(2)12-21(27(44)33-20(13-38)10-11-23(42)37(8)9)34-29(46)24(16(3)4)36-26(43)17(5)31-28(45)22(14-39)35-30(47)25(18(6)40)32-19(7)41/h13,15-18,20-22,24-25,39-40H,10-12,14H2,1-9H3,(H,31,45)(H,32,41)(H,33,44)(H,34,46)(H,35,47)(H,36,43)/t17-,18+,20?,21-,22-,24-,25-/m0/s1. The van der Waals surface area contributed by atoms with Gasteiger partial charge in [-0.1, -0.05) is 27.7 Å². The lowest BCUT2D eigenvalue weighted by Gasteiger charge is -2.28. The Morgan fingerprint density at radius 2 is 1.23 bits per heavy atom. The Kier molecular flexibility index (Phi) is 19.1. The Morgan fingerprint density at radius 3 is 1.68 bits per heavy atom. The molecule has 8 N–H and O–H groups in total. The normalized spacial score (nSPS) is 15.5. The van der Waals surface area contributed by atoms with Crippen molar-refractivity contribution >= 4 is 47.6 Å².